The van der Waals surface area contributed by atoms with Crippen molar-refractivity contribution in [3.05, 3.63) is 59.7 Å². The van der Waals surface area contributed by atoms with E-state index in [9.17, 15) is 8.78 Å². The summed E-state index contributed by atoms with van der Waals surface area (Å²) in [7, 11) is 0. The van der Waals surface area contributed by atoms with E-state index in [1.54, 1.807) is 36.4 Å². The predicted octanol–water partition coefficient (Wildman–Crippen LogP) is 3.96. The summed E-state index contributed by atoms with van der Waals surface area (Å²) in [6.07, 6.45) is 0. The molecule has 0 atom stereocenters. The molecule has 0 unspecified atom stereocenters. The minimum atomic E-state index is -2.84. The number of rotatable bonds is 4. The second-order valence-electron chi connectivity index (χ2n) is 4.45. The average Bonchev–Trinajstić information content (AvgIpc) is 2.36. The monoisotopic (exact) mass is 263 g/mol. The quantitative estimate of drug-likeness (QED) is 0.847. The van der Waals surface area contributed by atoms with Gasteiger partial charge in [0, 0.05) is 24.2 Å². The molecule has 0 aromatic heterocycles. The maximum atomic E-state index is 13.2. The molecule has 0 radical (unpaired) electrons. The first-order valence-corrected chi connectivity index (χ1v) is 5.91. The lowest BCUT2D eigenvalue weighted by molar-refractivity contribution is 0.0173. The van der Waals surface area contributed by atoms with Crippen LogP contribution in [0.5, 0.6) is 5.75 Å². The van der Waals surface area contributed by atoms with Gasteiger partial charge in [-0.05, 0) is 23.8 Å². The van der Waals surface area contributed by atoms with E-state index in [0.717, 1.165) is 6.92 Å². The highest BCUT2D eigenvalue weighted by Crippen LogP contribution is 2.27. The van der Waals surface area contributed by atoms with Crippen molar-refractivity contribution in [1.82, 2.24) is 0 Å². The Balaban J connectivity index is 2.08. The summed E-state index contributed by atoms with van der Waals surface area (Å²) in [5.74, 6) is -2.22. The standard InChI is InChI=1S/C15H15F2NO/c1-15(16,17)12-5-2-4-11(8-12)10-19-14-7-3-6-13(18)9-14/h2-9H,10,18H2,1H3. The molecule has 100 valence electrons. The molecule has 19 heavy (non-hydrogen) atoms. The molecule has 0 heterocycles. The second-order valence-corrected chi connectivity index (χ2v) is 4.45. The fraction of sp³-hybridized carbons (Fsp3) is 0.200. The van der Waals surface area contributed by atoms with Crippen molar-refractivity contribution in [2.45, 2.75) is 19.5 Å². The number of ether oxygens (including phenoxy) is 1. The molecule has 2 rings (SSSR count). The van der Waals surface area contributed by atoms with Gasteiger partial charge in [0.2, 0.25) is 0 Å². The normalized spacial score (nSPS) is 11.3. The van der Waals surface area contributed by atoms with Crippen molar-refractivity contribution in [1.29, 1.82) is 0 Å². The smallest absolute Gasteiger partial charge is 0.270 e. The molecule has 0 bridgehead atoms. The average molecular weight is 263 g/mol. The summed E-state index contributed by atoms with van der Waals surface area (Å²) in [4.78, 5) is 0. The van der Waals surface area contributed by atoms with Crippen LogP contribution in [0, 0.1) is 0 Å². The van der Waals surface area contributed by atoms with E-state index < -0.39 is 5.92 Å². The van der Waals surface area contributed by atoms with Gasteiger partial charge in [-0.3, -0.25) is 0 Å². The van der Waals surface area contributed by atoms with E-state index in [2.05, 4.69) is 0 Å². The van der Waals surface area contributed by atoms with E-state index in [-0.39, 0.29) is 12.2 Å². The van der Waals surface area contributed by atoms with Crippen LogP contribution in [0.15, 0.2) is 48.5 Å². The van der Waals surface area contributed by atoms with E-state index in [0.29, 0.717) is 17.0 Å². The molecule has 0 saturated heterocycles. The van der Waals surface area contributed by atoms with Crippen LogP contribution in [-0.4, -0.2) is 0 Å². The van der Waals surface area contributed by atoms with Gasteiger partial charge in [-0.15, -0.1) is 0 Å². The van der Waals surface area contributed by atoms with Crippen LogP contribution < -0.4 is 10.5 Å². The van der Waals surface area contributed by atoms with Gasteiger partial charge in [-0.25, -0.2) is 8.78 Å². The molecular weight excluding hydrogens is 248 g/mol. The fourth-order valence-corrected chi connectivity index (χ4v) is 1.71. The molecule has 2 aromatic carbocycles. The molecule has 0 aliphatic heterocycles. The first-order valence-electron chi connectivity index (χ1n) is 5.91. The Labute approximate surface area is 110 Å². The van der Waals surface area contributed by atoms with Crippen LogP contribution in [-0.2, 0) is 12.5 Å². The number of halogens is 2. The molecule has 2 nitrogen and oxygen atoms in total. The zero-order valence-corrected chi connectivity index (χ0v) is 10.6. The number of hydrogen-bond acceptors (Lipinski definition) is 2. The Kier molecular flexibility index (Phi) is 3.69. The Morgan fingerprint density at radius 1 is 1.11 bits per heavy atom. The fourth-order valence-electron chi connectivity index (χ4n) is 1.71. The minimum Gasteiger partial charge on any atom is -0.489 e. The third kappa shape index (κ3) is 3.68. The zero-order valence-electron chi connectivity index (χ0n) is 10.6. The maximum absolute atomic E-state index is 13.2. The van der Waals surface area contributed by atoms with Gasteiger partial charge in [0.05, 0.1) is 0 Å². The highest BCUT2D eigenvalue weighted by molar-refractivity contribution is 5.43. The maximum Gasteiger partial charge on any atom is 0.270 e. The highest BCUT2D eigenvalue weighted by Gasteiger charge is 2.24. The van der Waals surface area contributed by atoms with Crippen molar-refractivity contribution in [3.8, 4) is 5.75 Å². The largest absolute Gasteiger partial charge is 0.489 e. The summed E-state index contributed by atoms with van der Waals surface area (Å²) in [6, 6.07) is 13.2. The highest BCUT2D eigenvalue weighted by atomic mass is 19.3. The van der Waals surface area contributed by atoms with E-state index in [1.165, 1.54) is 12.1 Å². The van der Waals surface area contributed by atoms with Crippen molar-refractivity contribution < 1.29 is 13.5 Å². The van der Waals surface area contributed by atoms with Gasteiger partial charge >= 0.3 is 0 Å². The van der Waals surface area contributed by atoms with Crippen LogP contribution in [0.4, 0.5) is 14.5 Å². The number of nitrogens with two attached hydrogens (primary N) is 1. The third-order valence-corrected chi connectivity index (χ3v) is 2.70. The molecule has 0 spiro atoms. The van der Waals surface area contributed by atoms with Gasteiger partial charge in [0.25, 0.3) is 5.92 Å². The molecular formula is C15H15F2NO. The van der Waals surface area contributed by atoms with Crippen molar-refractivity contribution in [2.75, 3.05) is 5.73 Å². The minimum absolute atomic E-state index is 0.0128. The number of benzene rings is 2. The predicted molar refractivity (Wildman–Crippen MR) is 71.2 cm³/mol. The Morgan fingerprint density at radius 3 is 2.53 bits per heavy atom. The second kappa shape index (κ2) is 5.26. The molecule has 0 fully saturated rings. The van der Waals surface area contributed by atoms with Gasteiger partial charge in [-0.2, -0.15) is 0 Å². The first-order chi connectivity index (χ1) is 8.95. The van der Waals surface area contributed by atoms with E-state index >= 15 is 0 Å². The topological polar surface area (TPSA) is 35.2 Å². The Bertz CT molecular complexity index is 564. The number of alkyl halides is 2. The summed E-state index contributed by atoms with van der Waals surface area (Å²) in [6.45, 7) is 1.11. The summed E-state index contributed by atoms with van der Waals surface area (Å²) >= 11 is 0. The van der Waals surface area contributed by atoms with E-state index in [4.69, 9.17) is 10.5 Å². The molecule has 0 aliphatic rings. The lowest BCUT2D eigenvalue weighted by Gasteiger charge is -2.12. The molecule has 0 aliphatic carbocycles. The van der Waals surface area contributed by atoms with Crippen molar-refractivity contribution >= 4 is 5.69 Å². The molecule has 2 aromatic rings. The van der Waals surface area contributed by atoms with Crippen LogP contribution in [0.25, 0.3) is 0 Å². The SMILES string of the molecule is CC(F)(F)c1cccc(COc2cccc(N)c2)c1. The zero-order chi connectivity index (χ0) is 13.9. The lowest BCUT2D eigenvalue weighted by Crippen LogP contribution is -2.07. The van der Waals surface area contributed by atoms with Crippen LogP contribution in [0.1, 0.15) is 18.1 Å². The summed E-state index contributed by atoms with van der Waals surface area (Å²) < 4.78 is 31.9. The van der Waals surface area contributed by atoms with Gasteiger partial charge in [0.15, 0.2) is 0 Å². The van der Waals surface area contributed by atoms with Gasteiger partial charge in [-0.1, -0.05) is 24.3 Å². The van der Waals surface area contributed by atoms with Gasteiger partial charge < -0.3 is 10.5 Å². The number of nitrogen functional groups attached to an aromatic ring is 1. The lowest BCUT2D eigenvalue weighted by atomic mass is 10.1. The third-order valence-electron chi connectivity index (χ3n) is 2.70. The molecule has 0 amide bonds. The van der Waals surface area contributed by atoms with Crippen LogP contribution >= 0.6 is 0 Å². The Morgan fingerprint density at radius 2 is 1.84 bits per heavy atom. The molecule has 2 N–H and O–H groups in total. The van der Waals surface area contributed by atoms with Crippen molar-refractivity contribution in [3.63, 3.8) is 0 Å². The van der Waals surface area contributed by atoms with Gasteiger partial charge in [0.1, 0.15) is 12.4 Å². The number of hydrogen-bond donors (Lipinski definition) is 1. The van der Waals surface area contributed by atoms with Crippen LogP contribution in [0.2, 0.25) is 0 Å². The number of anilines is 1. The van der Waals surface area contributed by atoms with Crippen LogP contribution in [0.3, 0.4) is 0 Å². The molecule has 0 saturated carbocycles. The van der Waals surface area contributed by atoms with E-state index in [1.807, 2.05) is 0 Å². The first kappa shape index (κ1) is 13.3. The molecule has 4 heteroatoms. The Hall–Kier alpha value is -2.10. The summed E-state index contributed by atoms with van der Waals surface area (Å²) in [5, 5.41) is 0. The summed E-state index contributed by atoms with van der Waals surface area (Å²) in [5.41, 5.74) is 6.92. The van der Waals surface area contributed by atoms with Crippen molar-refractivity contribution in [2.24, 2.45) is 0 Å².